The molecule has 1 nitrogen and oxygen atoms in total. The fourth-order valence-electron chi connectivity index (χ4n) is 3.59. The smallest absolute Gasteiger partial charge is 0.139 e. The first-order valence-electron chi connectivity index (χ1n) is 10.5. The molecule has 0 unspecified atom stereocenters. The van der Waals surface area contributed by atoms with Gasteiger partial charge in [0, 0.05) is 23.3 Å². The average molecular weight is 448 g/mol. The van der Waals surface area contributed by atoms with Crippen molar-refractivity contribution in [3.8, 4) is 17.6 Å². The zero-order chi connectivity index (χ0) is 23.4. The third-order valence-electron chi connectivity index (χ3n) is 5.27. The molecule has 0 amide bonds. The lowest BCUT2D eigenvalue weighted by Gasteiger charge is -2.09. The van der Waals surface area contributed by atoms with Crippen molar-refractivity contribution in [3.05, 3.63) is 112 Å². The van der Waals surface area contributed by atoms with E-state index in [9.17, 15) is 17.6 Å². The maximum Gasteiger partial charge on any atom is 0.139 e. The molecule has 4 rings (SSSR count). The van der Waals surface area contributed by atoms with Crippen LogP contribution in [0.3, 0.4) is 0 Å². The summed E-state index contributed by atoms with van der Waals surface area (Å²) in [6.07, 6.45) is 0.361. The predicted octanol–water partition coefficient (Wildman–Crippen LogP) is 6.98. The van der Waals surface area contributed by atoms with Gasteiger partial charge in [0.05, 0.1) is 12.2 Å². The Morgan fingerprint density at radius 3 is 2.15 bits per heavy atom. The van der Waals surface area contributed by atoms with E-state index in [2.05, 4.69) is 11.8 Å². The Hall–Kier alpha value is -3.78. The van der Waals surface area contributed by atoms with E-state index in [4.69, 9.17) is 4.74 Å². The number of halogens is 4. The topological polar surface area (TPSA) is 9.23 Å². The van der Waals surface area contributed by atoms with Gasteiger partial charge in [-0.1, -0.05) is 30.0 Å². The summed E-state index contributed by atoms with van der Waals surface area (Å²) in [5.41, 5.74) is 1.45. The molecule has 0 radical (unpaired) electrons. The maximum absolute atomic E-state index is 14.6. The minimum atomic E-state index is -0.681. The van der Waals surface area contributed by atoms with Crippen molar-refractivity contribution in [3.63, 3.8) is 0 Å². The molecule has 5 heteroatoms. The fourth-order valence-corrected chi connectivity index (χ4v) is 3.59. The van der Waals surface area contributed by atoms with Gasteiger partial charge in [0.25, 0.3) is 0 Å². The van der Waals surface area contributed by atoms with E-state index in [1.807, 2.05) is 6.07 Å². The highest BCUT2D eigenvalue weighted by molar-refractivity contribution is 5.84. The van der Waals surface area contributed by atoms with Crippen molar-refractivity contribution in [2.45, 2.75) is 19.8 Å². The molecular weight excluding hydrogens is 428 g/mol. The molecule has 33 heavy (non-hydrogen) atoms. The van der Waals surface area contributed by atoms with Crippen LogP contribution in [0.4, 0.5) is 17.6 Å². The van der Waals surface area contributed by atoms with E-state index in [1.165, 1.54) is 18.2 Å². The molecule has 0 spiro atoms. The molecule has 0 saturated heterocycles. The lowest BCUT2D eigenvalue weighted by molar-refractivity contribution is 0.335. The third-order valence-corrected chi connectivity index (χ3v) is 5.27. The summed E-state index contributed by atoms with van der Waals surface area (Å²) in [4.78, 5) is 0. The Bertz CT molecular complexity index is 1360. The van der Waals surface area contributed by atoms with E-state index in [-0.39, 0.29) is 35.5 Å². The van der Waals surface area contributed by atoms with Crippen molar-refractivity contribution >= 4 is 10.8 Å². The predicted molar refractivity (Wildman–Crippen MR) is 121 cm³/mol. The monoisotopic (exact) mass is 448 g/mol. The van der Waals surface area contributed by atoms with E-state index in [0.717, 1.165) is 22.9 Å². The molecule has 4 aromatic carbocycles. The standard InChI is InChI=1S/C28H20F4O/c1-2-33-24-16-27(31)25(28(32)17-24)12-6-19-4-8-20(26(30)14-19)7-3-18-5-9-22-15-23(29)11-10-21(22)13-18/h4-5,8-11,13-17H,2,6,12H2,1H3. The first-order valence-corrected chi connectivity index (χ1v) is 10.5. The quantitative estimate of drug-likeness (QED) is 0.236. The van der Waals surface area contributed by atoms with Crippen molar-refractivity contribution in [1.29, 1.82) is 0 Å². The van der Waals surface area contributed by atoms with Gasteiger partial charge in [-0.05, 0) is 72.5 Å². The first kappa shape index (κ1) is 22.4. The van der Waals surface area contributed by atoms with Crippen LogP contribution in [0.5, 0.6) is 5.75 Å². The summed E-state index contributed by atoms with van der Waals surface area (Å²) < 4.78 is 61.5. The number of aryl methyl sites for hydroxylation is 1. The molecule has 0 N–H and O–H groups in total. The van der Waals surface area contributed by atoms with Gasteiger partial charge in [-0.25, -0.2) is 17.6 Å². The molecule has 0 saturated carbocycles. The van der Waals surface area contributed by atoms with E-state index < -0.39 is 17.5 Å². The number of fused-ring (bicyclic) bond motifs is 1. The van der Waals surface area contributed by atoms with Crippen LogP contribution in [0.2, 0.25) is 0 Å². The Kier molecular flexibility index (Phi) is 6.65. The Morgan fingerprint density at radius 2 is 1.42 bits per heavy atom. The molecule has 0 aliphatic heterocycles. The van der Waals surface area contributed by atoms with Gasteiger partial charge in [0.1, 0.15) is 29.0 Å². The van der Waals surface area contributed by atoms with Gasteiger partial charge in [0.15, 0.2) is 0 Å². The first-order chi connectivity index (χ1) is 15.9. The molecular formula is C28H20F4O. The Labute approximate surface area is 189 Å². The van der Waals surface area contributed by atoms with Gasteiger partial charge in [-0.2, -0.15) is 0 Å². The molecule has 0 aliphatic carbocycles. The summed E-state index contributed by atoms with van der Waals surface area (Å²) in [6, 6.07) is 16.7. The lowest BCUT2D eigenvalue weighted by atomic mass is 10.0. The zero-order valence-corrected chi connectivity index (χ0v) is 17.9. The number of rotatable bonds is 5. The molecule has 0 fully saturated rings. The molecule has 166 valence electrons. The van der Waals surface area contributed by atoms with E-state index >= 15 is 0 Å². The third kappa shape index (κ3) is 5.35. The highest BCUT2D eigenvalue weighted by Crippen LogP contribution is 2.23. The van der Waals surface area contributed by atoms with Crippen LogP contribution < -0.4 is 4.74 Å². The van der Waals surface area contributed by atoms with Crippen LogP contribution in [-0.4, -0.2) is 6.61 Å². The van der Waals surface area contributed by atoms with Crippen LogP contribution >= 0.6 is 0 Å². The number of hydrogen-bond donors (Lipinski definition) is 0. The normalized spacial score (nSPS) is 10.7. The molecule has 0 aliphatic rings. The Balaban J connectivity index is 1.48. The molecule has 0 atom stereocenters. The molecule has 0 aromatic heterocycles. The highest BCUT2D eigenvalue weighted by Gasteiger charge is 2.12. The fraction of sp³-hybridized carbons (Fsp3) is 0.143. The highest BCUT2D eigenvalue weighted by atomic mass is 19.1. The number of hydrogen-bond acceptors (Lipinski definition) is 1. The van der Waals surface area contributed by atoms with Gasteiger partial charge in [0.2, 0.25) is 0 Å². The minimum absolute atomic E-state index is 0.0566. The minimum Gasteiger partial charge on any atom is -0.494 e. The SMILES string of the molecule is CCOc1cc(F)c(CCc2ccc(C#Cc3ccc4cc(F)ccc4c3)c(F)c2)c(F)c1. The van der Waals surface area contributed by atoms with Gasteiger partial charge in [-0.15, -0.1) is 0 Å². The second kappa shape index (κ2) is 9.79. The average Bonchev–Trinajstić information content (AvgIpc) is 2.78. The second-order valence-electron chi connectivity index (χ2n) is 7.57. The Morgan fingerprint density at radius 1 is 0.697 bits per heavy atom. The van der Waals surface area contributed by atoms with Crippen LogP contribution in [0.25, 0.3) is 10.8 Å². The summed E-state index contributed by atoms with van der Waals surface area (Å²) in [5.74, 6) is 3.70. The van der Waals surface area contributed by atoms with Gasteiger partial charge < -0.3 is 4.74 Å². The molecule has 0 bridgehead atoms. The van der Waals surface area contributed by atoms with Crippen LogP contribution in [0.15, 0.2) is 66.7 Å². The van der Waals surface area contributed by atoms with Crippen LogP contribution in [-0.2, 0) is 12.8 Å². The zero-order valence-electron chi connectivity index (χ0n) is 17.9. The van der Waals surface area contributed by atoms with Crippen LogP contribution in [0, 0.1) is 35.1 Å². The van der Waals surface area contributed by atoms with Gasteiger partial charge in [-0.3, -0.25) is 0 Å². The molecule has 0 heterocycles. The summed E-state index contributed by atoms with van der Waals surface area (Å²) in [6.45, 7) is 2.05. The van der Waals surface area contributed by atoms with Crippen molar-refractivity contribution in [1.82, 2.24) is 0 Å². The van der Waals surface area contributed by atoms with Crippen molar-refractivity contribution < 1.29 is 22.3 Å². The lowest BCUT2D eigenvalue weighted by Crippen LogP contribution is -2.02. The summed E-state index contributed by atoms with van der Waals surface area (Å²) in [5, 5.41) is 1.60. The van der Waals surface area contributed by atoms with E-state index in [1.54, 1.807) is 37.3 Å². The number of ether oxygens (including phenoxy) is 1. The van der Waals surface area contributed by atoms with Crippen molar-refractivity contribution in [2.24, 2.45) is 0 Å². The second-order valence-corrected chi connectivity index (χ2v) is 7.57. The van der Waals surface area contributed by atoms with E-state index in [0.29, 0.717) is 17.7 Å². The summed E-state index contributed by atoms with van der Waals surface area (Å²) in [7, 11) is 0. The van der Waals surface area contributed by atoms with Gasteiger partial charge >= 0.3 is 0 Å². The van der Waals surface area contributed by atoms with Crippen molar-refractivity contribution in [2.75, 3.05) is 6.61 Å². The largest absolute Gasteiger partial charge is 0.494 e. The molecule has 4 aromatic rings. The maximum atomic E-state index is 14.6. The van der Waals surface area contributed by atoms with Crippen LogP contribution in [0.1, 0.15) is 29.2 Å². The summed E-state index contributed by atoms with van der Waals surface area (Å²) >= 11 is 0. The number of benzene rings is 4.